The lowest BCUT2D eigenvalue weighted by Gasteiger charge is -2.13. The van der Waals surface area contributed by atoms with Crippen molar-refractivity contribution in [1.82, 2.24) is 29.7 Å². The van der Waals surface area contributed by atoms with Crippen molar-refractivity contribution in [1.29, 1.82) is 0 Å². The number of nitrogens with zero attached hydrogens (tertiary/aromatic N) is 6. The predicted octanol–water partition coefficient (Wildman–Crippen LogP) is 5.52. The third kappa shape index (κ3) is 3.51. The fourth-order valence-corrected chi connectivity index (χ4v) is 3.97. The van der Waals surface area contributed by atoms with Crippen molar-refractivity contribution in [3.05, 3.63) is 91.4 Å². The highest BCUT2D eigenvalue weighted by Gasteiger charge is 2.15. The lowest BCUT2D eigenvalue weighted by molar-refractivity contribution is 0.631. The van der Waals surface area contributed by atoms with E-state index in [0.29, 0.717) is 33.8 Å². The Kier molecular flexibility index (Phi) is 4.69. The standard InChI is InChI=1S/C26H18FN7/c1-34-15-17(14-30-34)21-6-7-22-25(32-21)24(12-23(31-22)19-4-2-3-5-20(19)27)33-26-18-9-10-28-13-16(18)8-11-29-26/h2-15H,1H3,(H,29,31,33). The highest BCUT2D eigenvalue weighted by Crippen LogP contribution is 2.33. The van der Waals surface area contributed by atoms with E-state index in [0.717, 1.165) is 22.0 Å². The molecule has 0 saturated heterocycles. The van der Waals surface area contributed by atoms with Gasteiger partial charge < -0.3 is 5.32 Å². The van der Waals surface area contributed by atoms with Crippen molar-refractivity contribution >= 4 is 33.3 Å². The summed E-state index contributed by atoms with van der Waals surface area (Å²) >= 11 is 0. The molecule has 7 nitrogen and oxygen atoms in total. The van der Waals surface area contributed by atoms with E-state index in [1.165, 1.54) is 6.07 Å². The van der Waals surface area contributed by atoms with Gasteiger partial charge in [-0.1, -0.05) is 12.1 Å². The average Bonchev–Trinajstić information content (AvgIpc) is 3.30. The van der Waals surface area contributed by atoms with Crippen LogP contribution in [0.2, 0.25) is 0 Å². The Morgan fingerprint density at radius 3 is 2.68 bits per heavy atom. The average molecular weight is 447 g/mol. The van der Waals surface area contributed by atoms with Crippen LogP contribution in [-0.4, -0.2) is 29.7 Å². The van der Waals surface area contributed by atoms with Crippen molar-refractivity contribution in [2.45, 2.75) is 0 Å². The Labute approximate surface area is 194 Å². The molecule has 6 aromatic rings. The Morgan fingerprint density at radius 1 is 0.912 bits per heavy atom. The topological polar surface area (TPSA) is 81.4 Å². The van der Waals surface area contributed by atoms with Gasteiger partial charge in [-0.3, -0.25) is 9.67 Å². The zero-order valence-corrected chi connectivity index (χ0v) is 18.1. The van der Waals surface area contributed by atoms with Gasteiger partial charge in [-0.15, -0.1) is 0 Å². The molecule has 0 bridgehead atoms. The normalized spacial score (nSPS) is 11.2. The Hall–Kier alpha value is -4.72. The Bertz CT molecular complexity index is 1670. The van der Waals surface area contributed by atoms with Crippen LogP contribution in [0, 0.1) is 5.82 Å². The highest BCUT2D eigenvalue weighted by molar-refractivity contribution is 5.98. The van der Waals surface area contributed by atoms with E-state index in [1.54, 1.807) is 47.7 Å². The molecule has 8 heteroatoms. The fraction of sp³-hybridized carbons (Fsp3) is 0.0385. The van der Waals surface area contributed by atoms with Crippen LogP contribution in [0.5, 0.6) is 0 Å². The smallest absolute Gasteiger partial charge is 0.138 e. The second kappa shape index (κ2) is 8.00. The number of hydrogen-bond acceptors (Lipinski definition) is 6. The first-order valence-electron chi connectivity index (χ1n) is 10.7. The van der Waals surface area contributed by atoms with Gasteiger partial charge in [0.2, 0.25) is 0 Å². The minimum absolute atomic E-state index is 0.338. The van der Waals surface area contributed by atoms with Crippen molar-refractivity contribution in [3.8, 4) is 22.5 Å². The molecule has 0 spiro atoms. The Morgan fingerprint density at radius 2 is 1.82 bits per heavy atom. The summed E-state index contributed by atoms with van der Waals surface area (Å²) in [7, 11) is 1.86. The number of aromatic nitrogens is 6. The van der Waals surface area contributed by atoms with Gasteiger partial charge in [0.05, 0.1) is 28.8 Å². The van der Waals surface area contributed by atoms with Crippen molar-refractivity contribution < 1.29 is 4.39 Å². The van der Waals surface area contributed by atoms with Crippen LogP contribution in [0.15, 0.2) is 85.6 Å². The van der Waals surface area contributed by atoms with Gasteiger partial charge in [-0.2, -0.15) is 5.10 Å². The maximum absolute atomic E-state index is 14.6. The van der Waals surface area contributed by atoms with Crippen LogP contribution in [0.3, 0.4) is 0 Å². The highest BCUT2D eigenvalue weighted by atomic mass is 19.1. The van der Waals surface area contributed by atoms with Gasteiger partial charge in [-0.05, 0) is 42.5 Å². The number of aryl methyl sites for hydroxylation is 1. The summed E-state index contributed by atoms with van der Waals surface area (Å²) in [5.74, 6) is 0.315. The number of anilines is 2. The molecular formula is C26H18FN7. The molecule has 1 aromatic carbocycles. The number of hydrogen-bond donors (Lipinski definition) is 1. The zero-order chi connectivity index (χ0) is 23.1. The summed E-state index contributed by atoms with van der Waals surface area (Å²) in [5, 5.41) is 9.54. The maximum atomic E-state index is 14.6. The SMILES string of the molecule is Cn1cc(-c2ccc3nc(-c4ccccc4F)cc(Nc4nccc5cnccc45)c3n2)cn1. The molecule has 0 aliphatic rings. The van der Waals surface area contributed by atoms with Crippen LogP contribution in [0.1, 0.15) is 0 Å². The largest absolute Gasteiger partial charge is 0.338 e. The third-order valence-electron chi connectivity index (χ3n) is 5.62. The molecule has 5 aromatic heterocycles. The van der Waals surface area contributed by atoms with Gasteiger partial charge in [0.1, 0.15) is 17.2 Å². The summed E-state index contributed by atoms with van der Waals surface area (Å²) < 4.78 is 16.4. The molecule has 0 unspecified atom stereocenters. The quantitative estimate of drug-likeness (QED) is 0.383. The first kappa shape index (κ1) is 19.9. The summed E-state index contributed by atoms with van der Waals surface area (Å²) in [4.78, 5) is 18.3. The predicted molar refractivity (Wildman–Crippen MR) is 130 cm³/mol. The molecule has 0 saturated carbocycles. The van der Waals surface area contributed by atoms with Crippen LogP contribution < -0.4 is 5.32 Å². The number of fused-ring (bicyclic) bond motifs is 2. The minimum atomic E-state index is -0.338. The number of benzene rings is 1. The van der Waals surface area contributed by atoms with Crippen molar-refractivity contribution in [3.63, 3.8) is 0 Å². The van der Waals surface area contributed by atoms with E-state index in [4.69, 9.17) is 9.97 Å². The monoisotopic (exact) mass is 447 g/mol. The molecule has 5 heterocycles. The lowest BCUT2D eigenvalue weighted by Crippen LogP contribution is -2.00. The van der Waals surface area contributed by atoms with E-state index in [1.807, 2.05) is 43.6 Å². The van der Waals surface area contributed by atoms with Crippen LogP contribution in [-0.2, 0) is 7.05 Å². The Balaban J connectivity index is 1.57. The van der Waals surface area contributed by atoms with Gasteiger partial charge in [0.25, 0.3) is 0 Å². The van der Waals surface area contributed by atoms with Gasteiger partial charge in [0.15, 0.2) is 0 Å². The molecule has 0 aliphatic carbocycles. The lowest BCUT2D eigenvalue weighted by atomic mass is 10.1. The first-order chi connectivity index (χ1) is 16.7. The molecule has 0 amide bonds. The summed E-state index contributed by atoms with van der Waals surface area (Å²) in [6.07, 6.45) is 8.91. The van der Waals surface area contributed by atoms with E-state index >= 15 is 0 Å². The molecule has 34 heavy (non-hydrogen) atoms. The second-order valence-electron chi connectivity index (χ2n) is 7.88. The van der Waals surface area contributed by atoms with Gasteiger partial charge in [-0.25, -0.2) is 19.3 Å². The van der Waals surface area contributed by atoms with E-state index in [9.17, 15) is 4.39 Å². The number of halogens is 1. The third-order valence-corrected chi connectivity index (χ3v) is 5.62. The molecule has 6 rings (SSSR count). The van der Waals surface area contributed by atoms with Gasteiger partial charge in [0, 0.05) is 53.7 Å². The van der Waals surface area contributed by atoms with E-state index in [-0.39, 0.29) is 5.82 Å². The zero-order valence-electron chi connectivity index (χ0n) is 18.1. The minimum Gasteiger partial charge on any atom is -0.338 e. The summed E-state index contributed by atoms with van der Waals surface area (Å²) in [5.41, 5.74) is 4.53. The summed E-state index contributed by atoms with van der Waals surface area (Å²) in [6, 6.07) is 16.0. The van der Waals surface area contributed by atoms with E-state index < -0.39 is 0 Å². The molecule has 164 valence electrons. The number of nitrogens with one attached hydrogen (secondary N) is 1. The molecule has 1 N–H and O–H groups in total. The fourth-order valence-electron chi connectivity index (χ4n) is 3.97. The molecule has 0 atom stereocenters. The molecule has 0 aliphatic heterocycles. The van der Waals surface area contributed by atoms with Crippen molar-refractivity contribution in [2.75, 3.05) is 5.32 Å². The van der Waals surface area contributed by atoms with Gasteiger partial charge >= 0.3 is 0 Å². The second-order valence-corrected chi connectivity index (χ2v) is 7.88. The molecular weight excluding hydrogens is 429 g/mol. The first-order valence-corrected chi connectivity index (χ1v) is 10.7. The number of rotatable bonds is 4. The molecule has 0 fully saturated rings. The van der Waals surface area contributed by atoms with Crippen molar-refractivity contribution in [2.24, 2.45) is 7.05 Å². The van der Waals surface area contributed by atoms with Crippen LogP contribution in [0.4, 0.5) is 15.9 Å². The van der Waals surface area contributed by atoms with Crippen LogP contribution >= 0.6 is 0 Å². The summed E-state index contributed by atoms with van der Waals surface area (Å²) in [6.45, 7) is 0. The molecule has 0 radical (unpaired) electrons. The maximum Gasteiger partial charge on any atom is 0.138 e. The van der Waals surface area contributed by atoms with E-state index in [2.05, 4.69) is 20.4 Å². The number of pyridine rings is 4. The van der Waals surface area contributed by atoms with Crippen LogP contribution in [0.25, 0.3) is 44.3 Å².